The van der Waals surface area contributed by atoms with Crippen LogP contribution in [0, 0.1) is 13.8 Å². The van der Waals surface area contributed by atoms with E-state index in [-0.39, 0.29) is 11.8 Å². The third-order valence-electron chi connectivity index (χ3n) is 5.43. The van der Waals surface area contributed by atoms with Gasteiger partial charge < -0.3 is 10.2 Å². The Morgan fingerprint density at radius 1 is 1.15 bits per heavy atom. The summed E-state index contributed by atoms with van der Waals surface area (Å²) in [6.45, 7) is 4.08. The molecule has 134 valence electrons. The Hall–Kier alpha value is -2.27. The number of hydrogen-bond acceptors (Lipinski definition) is 3. The maximum atomic E-state index is 13.0. The number of benzene rings is 2. The lowest BCUT2D eigenvalue weighted by atomic mass is 10.0. The van der Waals surface area contributed by atoms with E-state index < -0.39 is 10.9 Å². The Balaban J connectivity index is 1.60. The number of thioether (sulfide) groups is 1. The van der Waals surface area contributed by atoms with Gasteiger partial charge in [-0.3, -0.25) is 9.59 Å². The molecule has 2 fully saturated rings. The van der Waals surface area contributed by atoms with Gasteiger partial charge in [-0.1, -0.05) is 36.4 Å². The van der Waals surface area contributed by atoms with Crippen LogP contribution in [0.15, 0.2) is 48.5 Å². The van der Waals surface area contributed by atoms with E-state index in [9.17, 15) is 9.59 Å². The first-order valence-corrected chi connectivity index (χ1v) is 9.89. The number of aryl methyl sites for hydroxylation is 2. The number of carbonyl (C=O) groups is 2. The maximum absolute atomic E-state index is 13.0. The maximum Gasteiger partial charge on any atom is 0.248 e. The van der Waals surface area contributed by atoms with Crippen molar-refractivity contribution in [2.24, 2.45) is 0 Å². The fraction of sp³-hybridized carbons (Fsp3) is 0.333. The summed E-state index contributed by atoms with van der Waals surface area (Å²) in [5, 5.41) is 3.01. The lowest BCUT2D eigenvalue weighted by molar-refractivity contribution is -0.136. The molecule has 0 unspecified atom stereocenters. The van der Waals surface area contributed by atoms with Crippen LogP contribution >= 0.6 is 11.8 Å². The summed E-state index contributed by atoms with van der Waals surface area (Å²) in [6, 6.07) is 15.5. The smallest absolute Gasteiger partial charge is 0.248 e. The normalized spacial score (nSPS) is 24.6. The largest absolute Gasteiger partial charge is 0.324 e. The van der Waals surface area contributed by atoms with Crippen LogP contribution in [0.2, 0.25) is 0 Å². The lowest BCUT2D eigenvalue weighted by Crippen LogP contribution is -2.48. The van der Waals surface area contributed by atoms with E-state index in [1.807, 2.05) is 55.1 Å². The Labute approximate surface area is 158 Å². The van der Waals surface area contributed by atoms with Crippen molar-refractivity contribution >= 4 is 29.3 Å². The molecule has 2 aliphatic rings. The van der Waals surface area contributed by atoms with E-state index in [2.05, 4.69) is 17.4 Å². The molecule has 5 heteroatoms. The van der Waals surface area contributed by atoms with E-state index in [0.717, 1.165) is 23.2 Å². The first-order valence-electron chi connectivity index (χ1n) is 8.91. The second-order valence-electron chi connectivity index (χ2n) is 7.03. The van der Waals surface area contributed by atoms with E-state index in [1.54, 1.807) is 11.8 Å². The molecule has 0 radical (unpaired) electrons. The summed E-state index contributed by atoms with van der Waals surface area (Å²) in [6.07, 6.45) is 1.25. The molecule has 2 aliphatic heterocycles. The van der Waals surface area contributed by atoms with E-state index in [4.69, 9.17) is 0 Å². The molecule has 2 atom stereocenters. The zero-order valence-corrected chi connectivity index (χ0v) is 15.8. The number of fused-ring (bicyclic) bond motifs is 1. The molecule has 0 bridgehead atoms. The van der Waals surface area contributed by atoms with Gasteiger partial charge in [0.15, 0.2) is 0 Å². The first-order chi connectivity index (χ1) is 12.5. The molecule has 4 rings (SSSR count). The van der Waals surface area contributed by atoms with Crippen molar-refractivity contribution < 1.29 is 9.59 Å². The third kappa shape index (κ3) is 2.71. The van der Waals surface area contributed by atoms with Gasteiger partial charge in [0.2, 0.25) is 11.8 Å². The first kappa shape index (κ1) is 17.2. The van der Waals surface area contributed by atoms with Gasteiger partial charge in [-0.15, -0.1) is 11.8 Å². The molecule has 0 spiro atoms. The number of nitrogens with zero attached hydrogens (tertiary/aromatic N) is 1. The second kappa shape index (κ2) is 6.47. The fourth-order valence-electron chi connectivity index (χ4n) is 3.88. The number of anilines is 1. The average molecular weight is 366 g/mol. The van der Waals surface area contributed by atoms with Gasteiger partial charge in [0.25, 0.3) is 0 Å². The number of hydrogen-bond donors (Lipinski definition) is 1. The van der Waals surface area contributed by atoms with Crippen molar-refractivity contribution in [2.75, 3.05) is 11.1 Å². The Morgan fingerprint density at radius 2 is 1.92 bits per heavy atom. The van der Waals surface area contributed by atoms with Gasteiger partial charge in [-0.05, 0) is 49.1 Å². The minimum Gasteiger partial charge on any atom is -0.324 e. The molecule has 0 aromatic heterocycles. The third-order valence-corrected chi connectivity index (χ3v) is 7.03. The number of rotatable bonds is 3. The molecule has 2 aromatic carbocycles. The lowest BCUT2D eigenvalue weighted by Gasteiger charge is -2.34. The van der Waals surface area contributed by atoms with E-state index in [1.165, 1.54) is 5.56 Å². The Kier molecular flexibility index (Phi) is 4.27. The van der Waals surface area contributed by atoms with Crippen molar-refractivity contribution in [2.45, 2.75) is 37.6 Å². The van der Waals surface area contributed by atoms with Gasteiger partial charge in [-0.2, -0.15) is 0 Å². The highest BCUT2D eigenvalue weighted by atomic mass is 32.2. The number of nitrogens with one attached hydrogen (secondary N) is 1. The van der Waals surface area contributed by atoms with Crippen molar-refractivity contribution in [3.8, 4) is 0 Å². The molecular weight excluding hydrogens is 344 g/mol. The topological polar surface area (TPSA) is 49.4 Å². The highest BCUT2D eigenvalue weighted by Crippen LogP contribution is 2.54. The molecule has 0 saturated carbocycles. The monoisotopic (exact) mass is 366 g/mol. The predicted molar refractivity (Wildman–Crippen MR) is 105 cm³/mol. The van der Waals surface area contributed by atoms with Crippen LogP contribution in [0.5, 0.6) is 0 Å². The summed E-state index contributed by atoms with van der Waals surface area (Å²) in [7, 11) is 0. The van der Waals surface area contributed by atoms with E-state index in [0.29, 0.717) is 12.2 Å². The molecule has 2 aromatic rings. The highest BCUT2D eigenvalue weighted by molar-refractivity contribution is 8.00. The second-order valence-corrected chi connectivity index (χ2v) is 8.33. The zero-order valence-electron chi connectivity index (χ0n) is 15.0. The summed E-state index contributed by atoms with van der Waals surface area (Å²) < 4.78 is 0. The molecule has 2 amide bonds. The van der Waals surface area contributed by atoms with Gasteiger partial charge in [-0.25, -0.2) is 0 Å². The molecule has 4 nitrogen and oxygen atoms in total. The number of amides is 2. The van der Waals surface area contributed by atoms with Gasteiger partial charge in [0.1, 0.15) is 10.9 Å². The molecule has 26 heavy (non-hydrogen) atoms. The molecular formula is C21H22N2O2S. The van der Waals surface area contributed by atoms with Gasteiger partial charge in [0, 0.05) is 17.9 Å². The van der Waals surface area contributed by atoms with Crippen molar-refractivity contribution in [3.05, 3.63) is 65.2 Å². The van der Waals surface area contributed by atoms with Crippen molar-refractivity contribution in [3.63, 3.8) is 0 Å². The molecule has 0 aliphatic carbocycles. The van der Waals surface area contributed by atoms with Gasteiger partial charge >= 0.3 is 0 Å². The van der Waals surface area contributed by atoms with E-state index >= 15 is 0 Å². The predicted octanol–water partition coefficient (Wildman–Crippen LogP) is 3.83. The molecule has 1 N–H and O–H groups in total. The van der Waals surface area contributed by atoms with Crippen molar-refractivity contribution in [1.29, 1.82) is 0 Å². The minimum absolute atomic E-state index is 0.0686. The molecule has 2 saturated heterocycles. The molecule has 2 heterocycles. The van der Waals surface area contributed by atoms with Crippen LogP contribution < -0.4 is 5.32 Å². The van der Waals surface area contributed by atoms with Crippen LogP contribution in [-0.4, -0.2) is 28.5 Å². The van der Waals surface area contributed by atoms with Crippen LogP contribution in [0.25, 0.3) is 0 Å². The Morgan fingerprint density at radius 3 is 2.65 bits per heavy atom. The van der Waals surface area contributed by atoms with Crippen LogP contribution in [0.3, 0.4) is 0 Å². The van der Waals surface area contributed by atoms with Gasteiger partial charge in [0.05, 0.1) is 0 Å². The fourth-order valence-corrected chi connectivity index (χ4v) is 5.53. The number of carbonyl (C=O) groups excluding carboxylic acids is 2. The average Bonchev–Trinajstić information content (AvgIpc) is 3.18. The summed E-state index contributed by atoms with van der Waals surface area (Å²) >= 11 is 1.71. The minimum atomic E-state index is -0.434. The zero-order chi connectivity index (χ0) is 18.3. The quantitative estimate of drug-likeness (QED) is 0.898. The van der Waals surface area contributed by atoms with Crippen LogP contribution in [-0.2, 0) is 14.5 Å². The van der Waals surface area contributed by atoms with Crippen molar-refractivity contribution in [1.82, 2.24) is 4.90 Å². The highest BCUT2D eigenvalue weighted by Gasteiger charge is 2.56. The SMILES string of the molecule is Cc1ccc(NC(=O)[C@@H]2CS[C@]3(c4ccccc4)CCC(=O)N23)cc1C. The van der Waals surface area contributed by atoms with Crippen LogP contribution in [0.1, 0.15) is 29.5 Å². The summed E-state index contributed by atoms with van der Waals surface area (Å²) in [5.74, 6) is 0.588. The standard InChI is InChI=1S/C21H22N2O2S/c1-14-8-9-17(12-15(14)2)22-20(25)18-13-26-21(11-10-19(24)23(18)21)16-6-4-3-5-7-16/h3-9,12,18H,10-11,13H2,1-2H3,(H,22,25)/t18-,21-/m0/s1. The summed E-state index contributed by atoms with van der Waals surface area (Å²) in [5.41, 5.74) is 4.22. The summed E-state index contributed by atoms with van der Waals surface area (Å²) in [4.78, 5) is 27.0. The Bertz CT molecular complexity index is 868. The van der Waals surface area contributed by atoms with Crippen LogP contribution in [0.4, 0.5) is 5.69 Å².